The molecule has 4 nitrogen and oxygen atoms in total. The third kappa shape index (κ3) is 5.96. The molecule has 1 atom stereocenters. The standard InChI is InChI=1S/C6H12N2.C4H12N2/c1-5-3-8-4-6(5)2-7;5-3-1-2-4-6/h3,6,8H,2,4,7H2,1H3;1-6H2/t6-;/m0./s1. The van der Waals surface area contributed by atoms with E-state index in [2.05, 4.69) is 12.2 Å². The second-order valence-electron chi connectivity index (χ2n) is 3.51. The zero-order valence-electron chi connectivity index (χ0n) is 9.13. The summed E-state index contributed by atoms with van der Waals surface area (Å²) >= 11 is 0. The van der Waals surface area contributed by atoms with Gasteiger partial charge >= 0.3 is 0 Å². The summed E-state index contributed by atoms with van der Waals surface area (Å²) in [6.45, 7) is 5.46. The third-order valence-electron chi connectivity index (χ3n) is 2.28. The van der Waals surface area contributed by atoms with Crippen molar-refractivity contribution in [2.24, 2.45) is 23.1 Å². The van der Waals surface area contributed by atoms with E-state index in [1.165, 1.54) is 5.57 Å². The highest BCUT2D eigenvalue weighted by Gasteiger charge is 2.11. The predicted molar refractivity (Wildman–Crippen MR) is 61.6 cm³/mol. The second kappa shape index (κ2) is 8.99. The monoisotopic (exact) mass is 200 g/mol. The highest BCUT2D eigenvalue weighted by atomic mass is 14.9. The summed E-state index contributed by atoms with van der Waals surface area (Å²) in [5.74, 6) is 0.593. The first-order valence-electron chi connectivity index (χ1n) is 5.26. The number of rotatable bonds is 4. The lowest BCUT2D eigenvalue weighted by atomic mass is 10.1. The Bertz CT molecular complexity index is 152. The summed E-state index contributed by atoms with van der Waals surface area (Å²) in [6, 6.07) is 0. The van der Waals surface area contributed by atoms with Crippen molar-refractivity contribution in [3.05, 3.63) is 11.8 Å². The molecule has 1 heterocycles. The van der Waals surface area contributed by atoms with Gasteiger partial charge in [-0.25, -0.2) is 0 Å². The van der Waals surface area contributed by atoms with Gasteiger partial charge < -0.3 is 22.5 Å². The molecule has 0 amide bonds. The zero-order valence-corrected chi connectivity index (χ0v) is 9.13. The summed E-state index contributed by atoms with van der Waals surface area (Å²) in [6.07, 6.45) is 4.17. The lowest BCUT2D eigenvalue weighted by Crippen LogP contribution is -2.19. The largest absolute Gasteiger partial charge is 0.390 e. The number of hydrogen-bond acceptors (Lipinski definition) is 4. The molecule has 0 aromatic rings. The smallest absolute Gasteiger partial charge is 0.0219 e. The number of hydrogen-bond donors (Lipinski definition) is 4. The van der Waals surface area contributed by atoms with Crippen molar-refractivity contribution in [3.8, 4) is 0 Å². The Labute approximate surface area is 86.9 Å². The minimum atomic E-state index is 0.593. The minimum Gasteiger partial charge on any atom is -0.390 e. The summed E-state index contributed by atoms with van der Waals surface area (Å²) in [5.41, 5.74) is 17.1. The fraction of sp³-hybridized carbons (Fsp3) is 0.800. The molecule has 84 valence electrons. The Morgan fingerprint density at radius 1 is 1.29 bits per heavy atom. The molecule has 0 aromatic heterocycles. The van der Waals surface area contributed by atoms with Gasteiger partial charge in [-0.15, -0.1) is 0 Å². The summed E-state index contributed by atoms with van der Waals surface area (Å²) in [7, 11) is 0. The van der Waals surface area contributed by atoms with Crippen molar-refractivity contribution in [1.82, 2.24) is 5.32 Å². The molecule has 0 bridgehead atoms. The van der Waals surface area contributed by atoms with E-state index in [1.54, 1.807) is 0 Å². The molecular formula is C10H24N4. The van der Waals surface area contributed by atoms with Gasteiger partial charge in [0.1, 0.15) is 0 Å². The van der Waals surface area contributed by atoms with E-state index in [9.17, 15) is 0 Å². The van der Waals surface area contributed by atoms with Gasteiger partial charge in [-0.2, -0.15) is 0 Å². The maximum absolute atomic E-state index is 5.44. The lowest BCUT2D eigenvalue weighted by Gasteiger charge is -2.04. The van der Waals surface area contributed by atoms with Crippen LogP contribution in [0.2, 0.25) is 0 Å². The average Bonchev–Trinajstić information content (AvgIpc) is 2.61. The minimum absolute atomic E-state index is 0.593. The van der Waals surface area contributed by atoms with E-state index in [4.69, 9.17) is 17.2 Å². The van der Waals surface area contributed by atoms with Crippen molar-refractivity contribution in [1.29, 1.82) is 0 Å². The van der Waals surface area contributed by atoms with Crippen LogP contribution in [0.1, 0.15) is 19.8 Å². The van der Waals surface area contributed by atoms with Crippen molar-refractivity contribution in [3.63, 3.8) is 0 Å². The molecule has 1 aliphatic heterocycles. The number of unbranched alkanes of at least 4 members (excludes halogenated alkanes) is 1. The summed E-state index contributed by atoms with van der Waals surface area (Å²) < 4.78 is 0. The molecule has 0 saturated carbocycles. The molecular weight excluding hydrogens is 176 g/mol. The third-order valence-corrected chi connectivity index (χ3v) is 2.28. The maximum Gasteiger partial charge on any atom is 0.0219 e. The van der Waals surface area contributed by atoms with Crippen LogP contribution in [-0.2, 0) is 0 Å². The van der Waals surface area contributed by atoms with Crippen LogP contribution in [-0.4, -0.2) is 26.2 Å². The van der Waals surface area contributed by atoms with Crippen molar-refractivity contribution in [2.45, 2.75) is 19.8 Å². The Balaban J connectivity index is 0.000000255. The average molecular weight is 200 g/mol. The Morgan fingerprint density at radius 3 is 2.07 bits per heavy atom. The predicted octanol–water partition coefficient (Wildman–Crippen LogP) is -0.248. The van der Waals surface area contributed by atoms with E-state index in [0.29, 0.717) is 5.92 Å². The van der Waals surface area contributed by atoms with Gasteiger partial charge in [0, 0.05) is 19.0 Å². The quantitative estimate of drug-likeness (QED) is 0.471. The van der Waals surface area contributed by atoms with Crippen LogP contribution in [0.3, 0.4) is 0 Å². The fourth-order valence-corrected chi connectivity index (χ4v) is 1.20. The van der Waals surface area contributed by atoms with E-state index < -0.39 is 0 Å². The first-order chi connectivity index (χ1) is 6.76. The number of nitrogens with one attached hydrogen (secondary N) is 1. The molecule has 0 spiro atoms. The molecule has 0 radical (unpaired) electrons. The van der Waals surface area contributed by atoms with Crippen LogP contribution in [0.15, 0.2) is 11.8 Å². The van der Waals surface area contributed by atoms with E-state index in [-0.39, 0.29) is 0 Å². The molecule has 1 rings (SSSR count). The Hall–Kier alpha value is -0.580. The topological polar surface area (TPSA) is 90.1 Å². The van der Waals surface area contributed by atoms with Gasteiger partial charge in [-0.05, 0) is 39.1 Å². The molecule has 0 saturated heterocycles. The SMILES string of the molecule is CC1=CNC[C@@H]1CN.NCCCCN. The van der Waals surface area contributed by atoms with E-state index in [1.807, 2.05) is 6.20 Å². The van der Waals surface area contributed by atoms with E-state index in [0.717, 1.165) is 39.0 Å². The van der Waals surface area contributed by atoms with Crippen LogP contribution in [0, 0.1) is 5.92 Å². The fourth-order valence-electron chi connectivity index (χ4n) is 1.20. The maximum atomic E-state index is 5.44. The van der Waals surface area contributed by atoms with Crippen LogP contribution < -0.4 is 22.5 Å². The van der Waals surface area contributed by atoms with Crippen LogP contribution in [0.4, 0.5) is 0 Å². The molecule has 0 aromatic carbocycles. The highest BCUT2D eigenvalue weighted by molar-refractivity contribution is 5.09. The van der Waals surface area contributed by atoms with Gasteiger partial charge in [0.15, 0.2) is 0 Å². The first kappa shape index (κ1) is 13.4. The molecule has 0 unspecified atom stereocenters. The zero-order chi connectivity index (χ0) is 10.8. The molecule has 0 aliphatic carbocycles. The van der Waals surface area contributed by atoms with Crippen molar-refractivity contribution < 1.29 is 0 Å². The van der Waals surface area contributed by atoms with E-state index >= 15 is 0 Å². The summed E-state index contributed by atoms with van der Waals surface area (Å²) in [5, 5.41) is 3.13. The second-order valence-corrected chi connectivity index (χ2v) is 3.51. The van der Waals surface area contributed by atoms with Crippen LogP contribution in [0.25, 0.3) is 0 Å². The van der Waals surface area contributed by atoms with Gasteiger partial charge in [0.05, 0.1) is 0 Å². The van der Waals surface area contributed by atoms with Gasteiger partial charge in [0.2, 0.25) is 0 Å². The van der Waals surface area contributed by atoms with Crippen molar-refractivity contribution in [2.75, 3.05) is 26.2 Å². The van der Waals surface area contributed by atoms with Gasteiger partial charge in [-0.1, -0.05) is 5.57 Å². The van der Waals surface area contributed by atoms with Crippen LogP contribution in [0.5, 0.6) is 0 Å². The normalized spacial score (nSPS) is 19.4. The molecule has 1 aliphatic rings. The first-order valence-corrected chi connectivity index (χ1v) is 5.26. The van der Waals surface area contributed by atoms with Crippen LogP contribution >= 0.6 is 0 Å². The summed E-state index contributed by atoms with van der Waals surface area (Å²) in [4.78, 5) is 0. The van der Waals surface area contributed by atoms with Gasteiger partial charge in [0.25, 0.3) is 0 Å². The lowest BCUT2D eigenvalue weighted by molar-refractivity contribution is 0.641. The molecule has 4 heteroatoms. The van der Waals surface area contributed by atoms with Crippen molar-refractivity contribution >= 4 is 0 Å². The Kier molecular flexibility index (Phi) is 8.62. The molecule has 0 fully saturated rings. The number of nitrogens with two attached hydrogens (primary N) is 3. The molecule has 14 heavy (non-hydrogen) atoms. The molecule has 7 N–H and O–H groups in total. The Morgan fingerprint density at radius 2 is 1.86 bits per heavy atom. The van der Waals surface area contributed by atoms with Gasteiger partial charge in [-0.3, -0.25) is 0 Å². The highest BCUT2D eigenvalue weighted by Crippen LogP contribution is 2.10.